The Labute approximate surface area is 128 Å². The van der Waals surface area contributed by atoms with E-state index >= 15 is 0 Å². The fourth-order valence-electron chi connectivity index (χ4n) is 2.35. The second kappa shape index (κ2) is 7.46. The van der Waals surface area contributed by atoms with Gasteiger partial charge in [0.1, 0.15) is 5.75 Å². The van der Waals surface area contributed by atoms with Crippen LogP contribution < -0.4 is 15.8 Å². The van der Waals surface area contributed by atoms with Crippen molar-refractivity contribution in [3.05, 3.63) is 29.3 Å². The molecular weight excluding hydrogens is 264 g/mol. The minimum absolute atomic E-state index is 0.104. The van der Waals surface area contributed by atoms with Crippen LogP contribution >= 0.6 is 0 Å². The fourth-order valence-corrected chi connectivity index (χ4v) is 2.35. The lowest BCUT2D eigenvalue weighted by Crippen LogP contribution is -2.55. The van der Waals surface area contributed by atoms with Gasteiger partial charge in [0, 0.05) is 6.42 Å². The van der Waals surface area contributed by atoms with E-state index in [1.807, 2.05) is 32.9 Å². The van der Waals surface area contributed by atoms with Crippen LogP contribution in [0.3, 0.4) is 0 Å². The van der Waals surface area contributed by atoms with E-state index < -0.39 is 5.54 Å². The lowest BCUT2D eigenvalue weighted by molar-refractivity contribution is -0.124. The second-order valence-electron chi connectivity index (χ2n) is 5.95. The van der Waals surface area contributed by atoms with Crippen molar-refractivity contribution in [3.8, 4) is 5.75 Å². The Kier molecular flexibility index (Phi) is 6.21. The average Bonchev–Trinajstić information content (AvgIpc) is 2.41. The van der Waals surface area contributed by atoms with Crippen molar-refractivity contribution >= 4 is 5.91 Å². The molecule has 0 aromatic heterocycles. The molecule has 0 fully saturated rings. The van der Waals surface area contributed by atoms with Crippen LogP contribution in [0.2, 0.25) is 0 Å². The molecule has 3 N–H and O–H groups in total. The summed E-state index contributed by atoms with van der Waals surface area (Å²) in [6.07, 6.45) is 1.39. The third-order valence-electron chi connectivity index (χ3n) is 3.89. The van der Waals surface area contributed by atoms with Crippen molar-refractivity contribution in [2.75, 3.05) is 6.54 Å². The predicted molar refractivity (Wildman–Crippen MR) is 86.5 cm³/mol. The van der Waals surface area contributed by atoms with Gasteiger partial charge in [-0.25, -0.2) is 0 Å². The van der Waals surface area contributed by atoms with Crippen molar-refractivity contribution in [3.63, 3.8) is 0 Å². The standard InChI is InChI=1S/C17H28N2O2/c1-6-10-19-17(5,16(18)20)11-13(3)21-15-9-7-8-12(2)14(15)4/h7-9,13,19H,6,10-11H2,1-5H3,(H2,18,20). The Balaban J connectivity index is 2.76. The quantitative estimate of drug-likeness (QED) is 0.774. The van der Waals surface area contributed by atoms with Crippen LogP contribution in [0.5, 0.6) is 5.75 Å². The zero-order valence-corrected chi connectivity index (χ0v) is 13.8. The Morgan fingerprint density at radius 2 is 2.10 bits per heavy atom. The van der Waals surface area contributed by atoms with Gasteiger partial charge < -0.3 is 15.8 Å². The molecule has 0 radical (unpaired) electrons. The van der Waals surface area contributed by atoms with Crippen LogP contribution in [0.25, 0.3) is 0 Å². The molecule has 1 rings (SSSR count). The lowest BCUT2D eigenvalue weighted by Gasteiger charge is -2.30. The second-order valence-corrected chi connectivity index (χ2v) is 5.95. The Morgan fingerprint density at radius 3 is 2.67 bits per heavy atom. The predicted octanol–water partition coefficient (Wildman–Crippen LogP) is 2.70. The van der Waals surface area contributed by atoms with Crippen molar-refractivity contribution in [1.82, 2.24) is 5.32 Å². The largest absolute Gasteiger partial charge is 0.490 e. The van der Waals surface area contributed by atoms with E-state index in [0.29, 0.717) is 6.42 Å². The number of nitrogens with one attached hydrogen (secondary N) is 1. The van der Waals surface area contributed by atoms with Gasteiger partial charge in [-0.1, -0.05) is 19.1 Å². The molecular formula is C17H28N2O2. The summed E-state index contributed by atoms with van der Waals surface area (Å²) < 4.78 is 6.00. The summed E-state index contributed by atoms with van der Waals surface area (Å²) in [5.41, 5.74) is 7.13. The van der Waals surface area contributed by atoms with Gasteiger partial charge in [-0.05, 0) is 57.9 Å². The van der Waals surface area contributed by atoms with Crippen molar-refractivity contribution in [2.45, 2.75) is 59.1 Å². The number of primary amides is 1. The number of aryl methyl sites for hydroxylation is 1. The zero-order valence-electron chi connectivity index (χ0n) is 13.8. The molecule has 0 aliphatic carbocycles. The number of hydrogen-bond donors (Lipinski definition) is 2. The Hall–Kier alpha value is -1.55. The van der Waals surface area contributed by atoms with Crippen molar-refractivity contribution in [1.29, 1.82) is 0 Å². The fraction of sp³-hybridized carbons (Fsp3) is 0.588. The number of nitrogens with two attached hydrogens (primary N) is 1. The van der Waals surface area contributed by atoms with E-state index in [-0.39, 0.29) is 12.0 Å². The molecule has 0 aliphatic heterocycles. The highest BCUT2D eigenvalue weighted by Crippen LogP contribution is 2.24. The maximum absolute atomic E-state index is 11.7. The van der Waals surface area contributed by atoms with E-state index in [9.17, 15) is 4.79 Å². The normalized spacial score (nSPS) is 15.3. The van der Waals surface area contributed by atoms with Gasteiger partial charge in [-0.3, -0.25) is 4.79 Å². The third kappa shape index (κ3) is 4.74. The number of carbonyl (C=O) groups is 1. The van der Waals surface area contributed by atoms with E-state index in [0.717, 1.165) is 24.3 Å². The molecule has 0 spiro atoms. The molecule has 0 bridgehead atoms. The minimum atomic E-state index is -0.743. The zero-order chi connectivity index (χ0) is 16.0. The highest BCUT2D eigenvalue weighted by Gasteiger charge is 2.32. The molecule has 1 aromatic rings. The first-order valence-electron chi connectivity index (χ1n) is 7.58. The van der Waals surface area contributed by atoms with Crippen LogP contribution in [-0.2, 0) is 4.79 Å². The van der Waals surface area contributed by atoms with Crippen molar-refractivity contribution < 1.29 is 9.53 Å². The molecule has 4 heteroatoms. The number of rotatable bonds is 8. The summed E-state index contributed by atoms with van der Waals surface area (Å²) in [7, 11) is 0. The van der Waals surface area contributed by atoms with Gasteiger partial charge in [0.2, 0.25) is 5.91 Å². The summed E-state index contributed by atoms with van der Waals surface area (Å²) in [6.45, 7) is 10.7. The van der Waals surface area contributed by atoms with Crippen LogP contribution in [0, 0.1) is 13.8 Å². The molecule has 21 heavy (non-hydrogen) atoms. The molecule has 118 valence electrons. The third-order valence-corrected chi connectivity index (χ3v) is 3.89. The van der Waals surface area contributed by atoms with Gasteiger partial charge in [-0.15, -0.1) is 0 Å². The summed E-state index contributed by atoms with van der Waals surface area (Å²) >= 11 is 0. The first-order chi connectivity index (χ1) is 9.80. The van der Waals surface area contributed by atoms with Gasteiger partial charge in [-0.2, -0.15) is 0 Å². The Bertz CT molecular complexity index is 488. The van der Waals surface area contributed by atoms with E-state index in [2.05, 4.69) is 25.2 Å². The monoisotopic (exact) mass is 292 g/mol. The molecule has 0 saturated carbocycles. The Morgan fingerprint density at radius 1 is 1.43 bits per heavy atom. The summed E-state index contributed by atoms with van der Waals surface area (Å²) in [5.74, 6) is 0.525. The molecule has 4 nitrogen and oxygen atoms in total. The number of ether oxygens (including phenoxy) is 1. The molecule has 2 atom stereocenters. The highest BCUT2D eigenvalue weighted by molar-refractivity contribution is 5.84. The molecule has 2 unspecified atom stereocenters. The van der Waals surface area contributed by atoms with Gasteiger partial charge in [0.25, 0.3) is 0 Å². The summed E-state index contributed by atoms with van der Waals surface area (Å²) in [5, 5.41) is 3.23. The molecule has 0 heterocycles. The molecule has 0 aliphatic rings. The number of benzene rings is 1. The number of hydrogen-bond acceptors (Lipinski definition) is 3. The smallest absolute Gasteiger partial charge is 0.237 e. The first kappa shape index (κ1) is 17.5. The van der Waals surface area contributed by atoms with E-state index in [4.69, 9.17) is 10.5 Å². The van der Waals surface area contributed by atoms with Gasteiger partial charge in [0.15, 0.2) is 0 Å². The van der Waals surface area contributed by atoms with E-state index in [1.54, 1.807) is 0 Å². The van der Waals surface area contributed by atoms with Crippen LogP contribution in [0.4, 0.5) is 0 Å². The number of carbonyl (C=O) groups excluding carboxylic acids is 1. The van der Waals surface area contributed by atoms with Gasteiger partial charge in [0.05, 0.1) is 11.6 Å². The van der Waals surface area contributed by atoms with Crippen LogP contribution in [-0.4, -0.2) is 24.1 Å². The topological polar surface area (TPSA) is 64.3 Å². The maximum atomic E-state index is 11.7. The maximum Gasteiger partial charge on any atom is 0.237 e. The lowest BCUT2D eigenvalue weighted by atomic mass is 9.93. The summed E-state index contributed by atoms with van der Waals surface area (Å²) in [4.78, 5) is 11.7. The highest BCUT2D eigenvalue weighted by atomic mass is 16.5. The molecule has 1 amide bonds. The molecule has 1 aromatic carbocycles. The summed E-state index contributed by atoms with van der Waals surface area (Å²) in [6, 6.07) is 6.00. The average molecular weight is 292 g/mol. The number of amides is 1. The first-order valence-corrected chi connectivity index (χ1v) is 7.58. The SMILES string of the molecule is CCCNC(C)(CC(C)Oc1cccc(C)c1C)C(N)=O. The van der Waals surface area contributed by atoms with E-state index in [1.165, 1.54) is 5.56 Å². The van der Waals surface area contributed by atoms with Gasteiger partial charge >= 0.3 is 0 Å². The van der Waals surface area contributed by atoms with Crippen LogP contribution in [0.1, 0.15) is 44.7 Å². The minimum Gasteiger partial charge on any atom is -0.490 e. The van der Waals surface area contributed by atoms with Crippen LogP contribution in [0.15, 0.2) is 18.2 Å². The van der Waals surface area contributed by atoms with Crippen molar-refractivity contribution in [2.24, 2.45) is 5.73 Å². The molecule has 0 saturated heterocycles.